The lowest BCUT2D eigenvalue weighted by Gasteiger charge is -2.31. The quantitative estimate of drug-likeness (QED) is 0.892. The summed E-state index contributed by atoms with van der Waals surface area (Å²) in [6.45, 7) is 3.18. The van der Waals surface area contributed by atoms with E-state index in [4.69, 9.17) is 11.6 Å². The molecule has 2 N–H and O–H groups in total. The molecule has 1 fully saturated rings. The van der Waals surface area contributed by atoms with Gasteiger partial charge in [-0.25, -0.2) is 14.2 Å². The molecule has 2 aromatic rings. The lowest BCUT2D eigenvalue weighted by molar-refractivity contribution is 0.178. The molecule has 2 heterocycles. The smallest absolute Gasteiger partial charge is 0.317 e. The van der Waals surface area contributed by atoms with Crippen molar-refractivity contribution in [1.29, 1.82) is 0 Å². The number of rotatable bonds is 3. The van der Waals surface area contributed by atoms with Crippen LogP contribution in [0.3, 0.4) is 0 Å². The molecule has 0 bridgehead atoms. The first kappa shape index (κ1) is 16.7. The molecule has 3 rings (SSSR count). The highest BCUT2D eigenvalue weighted by Crippen LogP contribution is 2.24. The van der Waals surface area contributed by atoms with Crippen molar-refractivity contribution < 1.29 is 9.18 Å². The third-order valence-corrected chi connectivity index (χ3v) is 4.44. The lowest BCUT2D eigenvalue weighted by Crippen LogP contribution is -2.45. The summed E-state index contributed by atoms with van der Waals surface area (Å²) in [6, 6.07) is 4.54. The van der Waals surface area contributed by atoms with E-state index in [0.717, 1.165) is 24.5 Å². The van der Waals surface area contributed by atoms with Gasteiger partial charge in [-0.05, 0) is 25.8 Å². The Morgan fingerprint density at radius 3 is 3.12 bits per heavy atom. The maximum absolute atomic E-state index is 13.9. The van der Waals surface area contributed by atoms with Gasteiger partial charge in [-0.2, -0.15) is 5.10 Å². The highest BCUT2D eigenvalue weighted by atomic mass is 35.5. The fourth-order valence-electron chi connectivity index (χ4n) is 2.88. The van der Waals surface area contributed by atoms with Crippen molar-refractivity contribution in [3.05, 3.63) is 46.3 Å². The average Bonchev–Trinajstić information content (AvgIpc) is 3.02. The summed E-state index contributed by atoms with van der Waals surface area (Å²) in [4.78, 5) is 18.4. The van der Waals surface area contributed by atoms with Crippen LogP contribution in [-0.2, 0) is 6.54 Å². The molecule has 2 amide bonds. The maximum Gasteiger partial charge on any atom is 0.317 e. The SMILES string of the molecule is Cc1nc(C2CCCN(C(=O)NCc3cccc(Cl)c3F)C2)n[nH]1. The van der Waals surface area contributed by atoms with E-state index >= 15 is 0 Å². The Morgan fingerprint density at radius 2 is 2.38 bits per heavy atom. The first-order chi connectivity index (χ1) is 11.5. The molecule has 1 saturated heterocycles. The summed E-state index contributed by atoms with van der Waals surface area (Å²) in [5.41, 5.74) is 0.369. The van der Waals surface area contributed by atoms with E-state index in [9.17, 15) is 9.18 Å². The van der Waals surface area contributed by atoms with Crippen LogP contribution < -0.4 is 5.32 Å². The summed E-state index contributed by atoms with van der Waals surface area (Å²) in [6.07, 6.45) is 1.83. The van der Waals surface area contributed by atoms with Crippen LogP contribution in [0.4, 0.5) is 9.18 Å². The van der Waals surface area contributed by atoms with Crippen molar-refractivity contribution in [2.24, 2.45) is 0 Å². The number of piperidine rings is 1. The standard InChI is InChI=1S/C16H19ClFN5O/c1-10-20-15(22-21-10)12-5-3-7-23(9-12)16(24)19-8-11-4-2-6-13(17)14(11)18/h2,4,6,12H,3,5,7-9H2,1H3,(H,19,24)(H,20,21,22). The molecular weight excluding hydrogens is 333 g/mol. The van der Waals surface area contributed by atoms with Crippen LogP contribution in [-0.4, -0.2) is 39.2 Å². The van der Waals surface area contributed by atoms with Gasteiger partial charge in [0.15, 0.2) is 5.82 Å². The molecule has 1 aromatic heterocycles. The second-order valence-corrected chi connectivity index (χ2v) is 6.34. The van der Waals surface area contributed by atoms with Crippen LogP contribution in [0.2, 0.25) is 5.02 Å². The number of aryl methyl sites for hydroxylation is 1. The number of hydrogen-bond acceptors (Lipinski definition) is 3. The second kappa shape index (κ2) is 7.17. The van der Waals surface area contributed by atoms with Crippen molar-refractivity contribution in [1.82, 2.24) is 25.4 Å². The Labute approximate surface area is 144 Å². The number of halogens is 2. The second-order valence-electron chi connectivity index (χ2n) is 5.94. The fourth-order valence-corrected chi connectivity index (χ4v) is 3.08. The molecule has 128 valence electrons. The predicted molar refractivity (Wildman–Crippen MR) is 88.3 cm³/mol. The fraction of sp³-hybridized carbons (Fsp3) is 0.438. The Kier molecular flexibility index (Phi) is 4.99. The number of amides is 2. The van der Waals surface area contributed by atoms with Gasteiger partial charge in [0, 0.05) is 31.1 Å². The Bertz CT molecular complexity index is 735. The first-order valence-electron chi connectivity index (χ1n) is 7.89. The molecule has 1 unspecified atom stereocenters. The summed E-state index contributed by atoms with van der Waals surface area (Å²) in [5.74, 6) is 1.14. The monoisotopic (exact) mass is 351 g/mol. The maximum atomic E-state index is 13.9. The molecule has 1 aromatic carbocycles. The van der Waals surface area contributed by atoms with Crippen molar-refractivity contribution in [2.45, 2.75) is 32.2 Å². The molecular formula is C16H19ClFN5O. The van der Waals surface area contributed by atoms with Gasteiger partial charge in [-0.1, -0.05) is 23.7 Å². The van der Waals surface area contributed by atoms with Crippen LogP contribution in [0, 0.1) is 12.7 Å². The molecule has 6 nitrogen and oxygen atoms in total. The van der Waals surface area contributed by atoms with E-state index in [1.165, 1.54) is 6.07 Å². The largest absolute Gasteiger partial charge is 0.334 e. The summed E-state index contributed by atoms with van der Waals surface area (Å²) in [7, 11) is 0. The van der Waals surface area contributed by atoms with Crippen molar-refractivity contribution >= 4 is 17.6 Å². The minimum atomic E-state index is -0.493. The molecule has 8 heteroatoms. The van der Waals surface area contributed by atoms with Gasteiger partial charge in [0.05, 0.1) is 5.02 Å². The first-order valence-corrected chi connectivity index (χ1v) is 8.27. The minimum Gasteiger partial charge on any atom is -0.334 e. The molecule has 24 heavy (non-hydrogen) atoms. The number of aromatic nitrogens is 3. The number of carbonyl (C=O) groups excluding carboxylic acids is 1. The summed E-state index contributed by atoms with van der Waals surface area (Å²) < 4.78 is 13.9. The number of hydrogen-bond donors (Lipinski definition) is 2. The number of nitrogens with zero attached hydrogens (tertiary/aromatic N) is 3. The van der Waals surface area contributed by atoms with E-state index in [1.54, 1.807) is 17.0 Å². The normalized spacial score (nSPS) is 17.8. The highest BCUT2D eigenvalue weighted by molar-refractivity contribution is 6.30. The van der Waals surface area contributed by atoms with Gasteiger partial charge in [0.1, 0.15) is 11.6 Å². The molecule has 0 saturated carbocycles. The van der Waals surface area contributed by atoms with Crippen molar-refractivity contribution in [3.8, 4) is 0 Å². The van der Waals surface area contributed by atoms with Crippen LogP contribution in [0.5, 0.6) is 0 Å². The summed E-state index contributed by atoms with van der Waals surface area (Å²) in [5, 5.41) is 9.83. The van der Waals surface area contributed by atoms with Crippen LogP contribution in [0.1, 0.15) is 36.0 Å². The van der Waals surface area contributed by atoms with Crippen molar-refractivity contribution in [2.75, 3.05) is 13.1 Å². The molecule has 0 spiro atoms. The van der Waals surface area contributed by atoms with Gasteiger partial charge >= 0.3 is 6.03 Å². The summed E-state index contributed by atoms with van der Waals surface area (Å²) >= 11 is 5.75. The third-order valence-electron chi connectivity index (χ3n) is 4.15. The zero-order chi connectivity index (χ0) is 17.1. The number of nitrogens with one attached hydrogen (secondary N) is 2. The number of aromatic amines is 1. The van der Waals surface area contributed by atoms with E-state index in [-0.39, 0.29) is 23.5 Å². The number of likely N-dealkylation sites (tertiary alicyclic amines) is 1. The van der Waals surface area contributed by atoms with Gasteiger partial charge in [0.25, 0.3) is 0 Å². The Balaban J connectivity index is 1.59. The Hall–Kier alpha value is -2.15. The van der Waals surface area contributed by atoms with E-state index in [1.807, 2.05) is 6.92 Å². The number of benzene rings is 1. The number of urea groups is 1. The van der Waals surface area contributed by atoms with E-state index < -0.39 is 5.82 Å². The van der Waals surface area contributed by atoms with Gasteiger partial charge < -0.3 is 10.2 Å². The van der Waals surface area contributed by atoms with Gasteiger partial charge in [-0.15, -0.1) is 0 Å². The third kappa shape index (κ3) is 3.67. The molecule has 1 aliphatic rings. The zero-order valence-corrected chi connectivity index (χ0v) is 14.1. The zero-order valence-electron chi connectivity index (χ0n) is 13.4. The Morgan fingerprint density at radius 1 is 1.54 bits per heavy atom. The molecule has 1 aliphatic heterocycles. The average molecular weight is 352 g/mol. The highest BCUT2D eigenvalue weighted by Gasteiger charge is 2.27. The molecule has 0 aliphatic carbocycles. The van der Waals surface area contributed by atoms with Crippen LogP contribution in [0.15, 0.2) is 18.2 Å². The van der Waals surface area contributed by atoms with E-state index in [0.29, 0.717) is 18.7 Å². The molecule has 1 atom stereocenters. The van der Waals surface area contributed by atoms with Crippen LogP contribution >= 0.6 is 11.6 Å². The van der Waals surface area contributed by atoms with Gasteiger partial charge in [0.2, 0.25) is 0 Å². The molecule has 0 radical (unpaired) electrons. The number of H-pyrrole nitrogens is 1. The number of carbonyl (C=O) groups is 1. The van der Waals surface area contributed by atoms with Crippen molar-refractivity contribution in [3.63, 3.8) is 0 Å². The minimum absolute atomic E-state index is 0.0553. The van der Waals surface area contributed by atoms with Gasteiger partial charge in [-0.3, -0.25) is 5.10 Å². The lowest BCUT2D eigenvalue weighted by atomic mass is 9.98. The topological polar surface area (TPSA) is 73.9 Å². The van der Waals surface area contributed by atoms with Crippen LogP contribution in [0.25, 0.3) is 0 Å². The van der Waals surface area contributed by atoms with E-state index in [2.05, 4.69) is 20.5 Å². The predicted octanol–water partition coefficient (Wildman–Crippen LogP) is 2.99.